The van der Waals surface area contributed by atoms with Gasteiger partial charge in [0.15, 0.2) is 0 Å². The molecule has 2 N–H and O–H groups in total. The Morgan fingerprint density at radius 3 is 3.00 bits per heavy atom. The van der Waals surface area contributed by atoms with Gasteiger partial charge in [0.05, 0.1) is 0 Å². The van der Waals surface area contributed by atoms with Crippen LogP contribution >= 0.6 is 0 Å². The van der Waals surface area contributed by atoms with Gasteiger partial charge >= 0.3 is 0 Å². The van der Waals surface area contributed by atoms with E-state index in [1.165, 1.54) is 0 Å². The molecule has 0 aliphatic rings. The van der Waals surface area contributed by atoms with E-state index in [0.29, 0.717) is 13.0 Å². The van der Waals surface area contributed by atoms with Crippen molar-refractivity contribution >= 4 is 5.91 Å². The van der Waals surface area contributed by atoms with Crippen molar-refractivity contribution in [3.8, 4) is 0 Å². The van der Waals surface area contributed by atoms with Crippen LogP contribution in [0.4, 0.5) is 0 Å². The highest BCUT2D eigenvalue weighted by atomic mass is 16.1. The number of rotatable bonds is 7. The monoisotopic (exact) mass is 221 g/mol. The molecule has 0 unspecified atom stereocenters. The van der Waals surface area contributed by atoms with Crippen LogP contribution in [0.1, 0.15) is 25.3 Å². The molecule has 0 saturated carbocycles. The Morgan fingerprint density at radius 1 is 1.44 bits per heavy atom. The summed E-state index contributed by atoms with van der Waals surface area (Å²) in [7, 11) is 0. The molecule has 0 aliphatic carbocycles. The van der Waals surface area contributed by atoms with Crippen LogP contribution in [0, 0.1) is 0 Å². The van der Waals surface area contributed by atoms with E-state index in [2.05, 4.69) is 22.5 Å². The van der Waals surface area contributed by atoms with E-state index < -0.39 is 0 Å². The molecule has 0 aromatic carbocycles. The van der Waals surface area contributed by atoms with Crippen LogP contribution in [0.15, 0.2) is 24.5 Å². The van der Waals surface area contributed by atoms with Gasteiger partial charge in [-0.3, -0.25) is 9.78 Å². The fraction of sp³-hybridized carbons (Fsp3) is 0.500. The van der Waals surface area contributed by atoms with Crippen LogP contribution in [0.5, 0.6) is 0 Å². The summed E-state index contributed by atoms with van der Waals surface area (Å²) in [5, 5.41) is 6.05. The molecule has 1 aromatic rings. The number of amides is 1. The molecule has 4 heteroatoms. The summed E-state index contributed by atoms with van der Waals surface area (Å²) >= 11 is 0. The maximum absolute atomic E-state index is 11.4. The number of carbonyl (C=O) groups excluding carboxylic acids is 1. The molecule has 4 nitrogen and oxygen atoms in total. The van der Waals surface area contributed by atoms with Crippen molar-refractivity contribution in [2.75, 3.05) is 13.1 Å². The molecule has 0 saturated heterocycles. The van der Waals surface area contributed by atoms with E-state index in [1.54, 1.807) is 12.4 Å². The predicted molar refractivity (Wildman–Crippen MR) is 63.9 cm³/mol. The second kappa shape index (κ2) is 7.82. The number of aromatic nitrogens is 1. The first-order chi connectivity index (χ1) is 7.83. The predicted octanol–water partition coefficient (Wildman–Crippen LogP) is 1.09. The molecule has 1 amide bonds. The largest absolute Gasteiger partial charge is 0.352 e. The highest BCUT2D eigenvalue weighted by Crippen LogP contribution is 1.94. The minimum absolute atomic E-state index is 0.0763. The van der Waals surface area contributed by atoms with Gasteiger partial charge in [-0.1, -0.05) is 13.0 Å². The van der Waals surface area contributed by atoms with Crippen LogP contribution < -0.4 is 10.6 Å². The fourth-order valence-corrected chi connectivity index (χ4v) is 1.30. The van der Waals surface area contributed by atoms with E-state index >= 15 is 0 Å². The van der Waals surface area contributed by atoms with E-state index in [4.69, 9.17) is 0 Å². The topological polar surface area (TPSA) is 54.0 Å². The van der Waals surface area contributed by atoms with Gasteiger partial charge in [0.2, 0.25) is 5.91 Å². The first-order valence-corrected chi connectivity index (χ1v) is 5.69. The number of nitrogens with zero attached hydrogens (tertiary/aromatic N) is 1. The maximum atomic E-state index is 11.4. The van der Waals surface area contributed by atoms with E-state index in [1.807, 2.05) is 12.1 Å². The van der Waals surface area contributed by atoms with Crippen molar-refractivity contribution < 1.29 is 4.79 Å². The van der Waals surface area contributed by atoms with Crippen molar-refractivity contribution in [2.24, 2.45) is 0 Å². The van der Waals surface area contributed by atoms with Gasteiger partial charge in [0.1, 0.15) is 0 Å². The summed E-state index contributed by atoms with van der Waals surface area (Å²) in [6.07, 6.45) is 5.10. The lowest BCUT2D eigenvalue weighted by molar-refractivity contribution is -0.121. The lowest BCUT2D eigenvalue weighted by Crippen LogP contribution is -2.27. The number of hydrogen-bond donors (Lipinski definition) is 2. The van der Waals surface area contributed by atoms with Crippen molar-refractivity contribution in [2.45, 2.75) is 26.3 Å². The van der Waals surface area contributed by atoms with Crippen LogP contribution in [0.3, 0.4) is 0 Å². The summed E-state index contributed by atoms with van der Waals surface area (Å²) in [5.41, 5.74) is 1.03. The van der Waals surface area contributed by atoms with Gasteiger partial charge in [-0.25, -0.2) is 0 Å². The number of carbonyl (C=O) groups is 1. The van der Waals surface area contributed by atoms with Crippen LogP contribution in [0.25, 0.3) is 0 Å². The molecule has 1 rings (SSSR count). The average molecular weight is 221 g/mol. The lowest BCUT2D eigenvalue weighted by atomic mass is 10.3. The highest BCUT2D eigenvalue weighted by Gasteiger charge is 2.00. The standard InChI is InChI=1S/C12H19N3O/c1-2-6-13-8-5-12(16)15-10-11-4-3-7-14-9-11/h3-4,7,9,13H,2,5-6,8,10H2,1H3,(H,15,16). The normalized spacial score (nSPS) is 10.1. The SMILES string of the molecule is CCCNCCC(=O)NCc1cccnc1. The van der Waals surface area contributed by atoms with E-state index in [9.17, 15) is 4.79 Å². The van der Waals surface area contributed by atoms with Gasteiger partial charge < -0.3 is 10.6 Å². The van der Waals surface area contributed by atoms with Crippen molar-refractivity contribution in [1.29, 1.82) is 0 Å². The zero-order valence-corrected chi connectivity index (χ0v) is 9.70. The molecule has 0 spiro atoms. The lowest BCUT2D eigenvalue weighted by Gasteiger charge is -2.05. The maximum Gasteiger partial charge on any atom is 0.221 e. The second-order valence-corrected chi connectivity index (χ2v) is 3.64. The molecule has 16 heavy (non-hydrogen) atoms. The molecule has 0 bridgehead atoms. The van der Waals surface area contributed by atoms with Crippen LogP contribution in [-0.4, -0.2) is 24.0 Å². The average Bonchev–Trinajstić information content (AvgIpc) is 2.33. The van der Waals surface area contributed by atoms with Gasteiger partial charge in [-0.2, -0.15) is 0 Å². The summed E-state index contributed by atoms with van der Waals surface area (Å²) in [6, 6.07) is 3.81. The second-order valence-electron chi connectivity index (χ2n) is 3.64. The molecule has 0 atom stereocenters. The summed E-state index contributed by atoms with van der Waals surface area (Å²) < 4.78 is 0. The van der Waals surface area contributed by atoms with E-state index in [-0.39, 0.29) is 5.91 Å². The summed E-state index contributed by atoms with van der Waals surface area (Å²) in [4.78, 5) is 15.4. The van der Waals surface area contributed by atoms with Gasteiger partial charge in [-0.15, -0.1) is 0 Å². The first-order valence-electron chi connectivity index (χ1n) is 5.69. The fourth-order valence-electron chi connectivity index (χ4n) is 1.30. The Balaban J connectivity index is 2.11. The third kappa shape index (κ3) is 5.46. The van der Waals surface area contributed by atoms with Crippen LogP contribution in [0.2, 0.25) is 0 Å². The molecular formula is C12H19N3O. The zero-order valence-electron chi connectivity index (χ0n) is 9.70. The summed E-state index contributed by atoms with van der Waals surface area (Å²) in [5.74, 6) is 0.0763. The third-order valence-corrected chi connectivity index (χ3v) is 2.17. The van der Waals surface area contributed by atoms with Crippen molar-refractivity contribution in [1.82, 2.24) is 15.6 Å². The Labute approximate surface area is 96.5 Å². The van der Waals surface area contributed by atoms with Gasteiger partial charge in [0, 0.05) is 31.9 Å². The molecule has 1 heterocycles. The Morgan fingerprint density at radius 2 is 2.31 bits per heavy atom. The number of hydrogen-bond acceptors (Lipinski definition) is 3. The summed E-state index contributed by atoms with van der Waals surface area (Å²) in [6.45, 7) is 4.37. The number of pyridine rings is 1. The molecule has 1 aromatic heterocycles. The molecule has 0 fully saturated rings. The Kier molecular flexibility index (Phi) is 6.18. The van der Waals surface area contributed by atoms with Gasteiger partial charge in [0.25, 0.3) is 0 Å². The molecule has 0 radical (unpaired) electrons. The first kappa shape index (κ1) is 12.6. The molecule has 88 valence electrons. The third-order valence-electron chi connectivity index (χ3n) is 2.17. The number of nitrogens with one attached hydrogen (secondary N) is 2. The van der Waals surface area contributed by atoms with Crippen LogP contribution in [-0.2, 0) is 11.3 Å². The molecular weight excluding hydrogens is 202 g/mol. The highest BCUT2D eigenvalue weighted by molar-refractivity contribution is 5.76. The quantitative estimate of drug-likeness (QED) is 0.678. The van der Waals surface area contributed by atoms with Crippen molar-refractivity contribution in [3.63, 3.8) is 0 Å². The smallest absolute Gasteiger partial charge is 0.221 e. The van der Waals surface area contributed by atoms with E-state index in [0.717, 1.165) is 25.1 Å². The Hall–Kier alpha value is -1.42. The zero-order chi connectivity index (χ0) is 11.6. The molecule has 0 aliphatic heterocycles. The minimum Gasteiger partial charge on any atom is -0.352 e. The van der Waals surface area contributed by atoms with Gasteiger partial charge in [-0.05, 0) is 24.6 Å². The minimum atomic E-state index is 0.0763. The van der Waals surface area contributed by atoms with Crippen molar-refractivity contribution in [3.05, 3.63) is 30.1 Å². The Bertz CT molecular complexity index is 300.